The molecule has 0 aromatic rings. The molecule has 21 heavy (non-hydrogen) atoms. The fourth-order valence-electron chi connectivity index (χ4n) is 2.68. The highest BCUT2D eigenvalue weighted by Crippen LogP contribution is 2.37. The van der Waals surface area contributed by atoms with Gasteiger partial charge >= 0.3 is 11.9 Å². The molecule has 0 atom stereocenters. The molecule has 0 saturated heterocycles. The van der Waals surface area contributed by atoms with Crippen molar-refractivity contribution in [1.82, 2.24) is 4.90 Å². The van der Waals surface area contributed by atoms with Gasteiger partial charge in [-0.3, -0.25) is 4.90 Å². The highest BCUT2D eigenvalue weighted by molar-refractivity contribution is 5.99. The Hall–Kier alpha value is -1.10. The van der Waals surface area contributed by atoms with Crippen molar-refractivity contribution in [3.63, 3.8) is 0 Å². The van der Waals surface area contributed by atoms with Crippen LogP contribution >= 0.6 is 0 Å². The van der Waals surface area contributed by atoms with Gasteiger partial charge in [-0.1, -0.05) is 20.3 Å². The lowest BCUT2D eigenvalue weighted by molar-refractivity contribution is -0.167. The van der Waals surface area contributed by atoms with Gasteiger partial charge in [0.2, 0.25) is 6.04 Å². The summed E-state index contributed by atoms with van der Waals surface area (Å²) in [6, 6.07) is -0.171. The molecule has 0 heterocycles. The summed E-state index contributed by atoms with van der Waals surface area (Å²) in [5.74, 6) is -0.867. The van der Waals surface area contributed by atoms with Crippen LogP contribution in [0.4, 0.5) is 0 Å². The molecule has 2 rings (SSSR count). The van der Waals surface area contributed by atoms with E-state index in [0.29, 0.717) is 25.3 Å². The van der Waals surface area contributed by atoms with E-state index in [1.807, 2.05) is 13.8 Å². The van der Waals surface area contributed by atoms with E-state index in [4.69, 9.17) is 9.47 Å². The smallest absolute Gasteiger partial charge is 0.335 e. The molecule has 0 unspecified atom stereocenters. The second kappa shape index (κ2) is 7.78. The first-order chi connectivity index (χ1) is 10.2. The van der Waals surface area contributed by atoms with Crippen LogP contribution in [0.25, 0.3) is 0 Å². The summed E-state index contributed by atoms with van der Waals surface area (Å²) in [5.41, 5.74) is 0. The first-order valence-electron chi connectivity index (χ1n) is 8.29. The molecule has 2 aliphatic rings. The van der Waals surface area contributed by atoms with E-state index in [1.165, 1.54) is 6.42 Å². The van der Waals surface area contributed by atoms with E-state index in [0.717, 1.165) is 38.5 Å². The molecular weight excluding hydrogens is 270 g/mol. The van der Waals surface area contributed by atoms with Crippen molar-refractivity contribution >= 4 is 11.9 Å². The van der Waals surface area contributed by atoms with Crippen molar-refractivity contribution in [3.8, 4) is 0 Å². The largest absolute Gasteiger partial charge is 0.464 e. The zero-order valence-electron chi connectivity index (χ0n) is 13.2. The van der Waals surface area contributed by atoms with Crippen molar-refractivity contribution in [2.45, 2.75) is 76.9 Å². The molecular formula is C16H27NO4. The Morgan fingerprint density at radius 2 is 1.43 bits per heavy atom. The number of ether oxygens (including phenoxy) is 2. The van der Waals surface area contributed by atoms with Crippen molar-refractivity contribution < 1.29 is 19.1 Å². The third kappa shape index (κ3) is 4.19. The van der Waals surface area contributed by atoms with Crippen molar-refractivity contribution in [1.29, 1.82) is 0 Å². The van der Waals surface area contributed by atoms with E-state index in [2.05, 4.69) is 4.90 Å². The predicted octanol–water partition coefficient (Wildman–Crippen LogP) is 2.28. The van der Waals surface area contributed by atoms with Gasteiger partial charge in [-0.05, 0) is 38.5 Å². The van der Waals surface area contributed by atoms with Crippen molar-refractivity contribution in [2.75, 3.05) is 13.2 Å². The summed E-state index contributed by atoms with van der Waals surface area (Å²) in [6.07, 6.45) is 6.95. The Bertz CT molecular complexity index is 343. The zero-order valence-corrected chi connectivity index (χ0v) is 13.2. The van der Waals surface area contributed by atoms with Crippen LogP contribution in [0.15, 0.2) is 0 Å². The average molecular weight is 297 g/mol. The Morgan fingerprint density at radius 1 is 0.952 bits per heavy atom. The first kappa shape index (κ1) is 16.3. The summed E-state index contributed by atoms with van der Waals surface area (Å²) in [5, 5.41) is 0. The second-order valence-electron chi connectivity index (χ2n) is 6.00. The minimum absolute atomic E-state index is 0.339. The quantitative estimate of drug-likeness (QED) is 0.483. The van der Waals surface area contributed by atoms with E-state index < -0.39 is 18.0 Å². The first-order valence-corrected chi connectivity index (χ1v) is 8.29. The molecule has 2 fully saturated rings. The predicted molar refractivity (Wildman–Crippen MR) is 78.8 cm³/mol. The van der Waals surface area contributed by atoms with Gasteiger partial charge in [0, 0.05) is 12.1 Å². The number of rotatable bonds is 9. The third-order valence-electron chi connectivity index (χ3n) is 4.11. The SMILES string of the molecule is CCCOC(=O)C(C(=O)OCCC)N(C1CCC1)C1CC1. The Morgan fingerprint density at radius 3 is 1.76 bits per heavy atom. The van der Waals surface area contributed by atoms with E-state index >= 15 is 0 Å². The highest BCUT2D eigenvalue weighted by Gasteiger charge is 2.47. The highest BCUT2D eigenvalue weighted by atomic mass is 16.6. The van der Waals surface area contributed by atoms with Crippen LogP contribution in [-0.4, -0.2) is 48.2 Å². The Labute approximate surface area is 127 Å². The standard InChI is InChI=1S/C16H27NO4/c1-3-10-20-15(18)14(16(19)21-11-4-2)17(13-8-9-13)12-6-5-7-12/h12-14H,3-11H2,1-2H3. The third-order valence-corrected chi connectivity index (χ3v) is 4.11. The van der Waals surface area contributed by atoms with Crippen LogP contribution < -0.4 is 0 Å². The molecule has 2 aliphatic carbocycles. The number of carbonyl (C=O) groups excluding carboxylic acids is 2. The minimum Gasteiger partial charge on any atom is -0.464 e. The molecule has 0 bridgehead atoms. The lowest BCUT2D eigenvalue weighted by Gasteiger charge is -2.40. The minimum atomic E-state index is -0.860. The lowest BCUT2D eigenvalue weighted by Crippen LogP contribution is -2.55. The van der Waals surface area contributed by atoms with Crippen LogP contribution in [0.2, 0.25) is 0 Å². The summed E-state index contributed by atoms with van der Waals surface area (Å²) < 4.78 is 10.5. The maximum absolute atomic E-state index is 12.4. The van der Waals surface area contributed by atoms with Crippen LogP contribution in [0, 0.1) is 0 Å². The number of esters is 2. The molecule has 0 aromatic heterocycles. The maximum Gasteiger partial charge on any atom is 0.335 e. The molecule has 0 radical (unpaired) electrons. The van der Waals surface area contributed by atoms with Gasteiger partial charge in [-0.15, -0.1) is 0 Å². The summed E-state index contributed by atoms with van der Waals surface area (Å²) in [4.78, 5) is 26.8. The van der Waals surface area contributed by atoms with Gasteiger partial charge in [0.25, 0.3) is 0 Å². The van der Waals surface area contributed by atoms with Gasteiger partial charge < -0.3 is 9.47 Å². The average Bonchev–Trinajstić information content (AvgIpc) is 3.24. The topological polar surface area (TPSA) is 55.8 Å². The summed E-state index contributed by atoms with van der Waals surface area (Å²) in [7, 11) is 0. The second-order valence-corrected chi connectivity index (χ2v) is 6.00. The zero-order chi connectivity index (χ0) is 15.2. The van der Waals surface area contributed by atoms with E-state index in [-0.39, 0.29) is 0 Å². The van der Waals surface area contributed by atoms with Crippen LogP contribution in [0.5, 0.6) is 0 Å². The fourth-order valence-corrected chi connectivity index (χ4v) is 2.68. The molecule has 0 N–H and O–H groups in total. The summed E-state index contributed by atoms with van der Waals surface area (Å²) in [6.45, 7) is 4.61. The Kier molecular flexibility index (Phi) is 6.03. The lowest BCUT2D eigenvalue weighted by atomic mass is 9.90. The van der Waals surface area contributed by atoms with Crippen LogP contribution in [-0.2, 0) is 19.1 Å². The van der Waals surface area contributed by atoms with Crippen LogP contribution in [0.1, 0.15) is 58.8 Å². The normalized spacial score (nSPS) is 18.7. The molecule has 120 valence electrons. The van der Waals surface area contributed by atoms with Gasteiger partial charge in [-0.25, -0.2) is 9.59 Å². The van der Waals surface area contributed by atoms with Gasteiger partial charge in [0.15, 0.2) is 0 Å². The molecule has 0 amide bonds. The summed E-state index contributed by atoms with van der Waals surface area (Å²) >= 11 is 0. The molecule has 0 aliphatic heterocycles. The maximum atomic E-state index is 12.4. The van der Waals surface area contributed by atoms with Crippen molar-refractivity contribution in [3.05, 3.63) is 0 Å². The number of hydrogen-bond donors (Lipinski definition) is 0. The van der Waals surface area contributed by atoms with Gasteiger partial charge in [0.1, 0.15) is 0 Å². The molecule has 5 nitrogen and oxygen atoms in total. The van der Waals surface area contributed by atoms with Gasteiger partial charge in [-0.2, -0.15) is 0 Å². The fraction of sp³-hybridized carbons (Fsp3) is 0.875. The molecule has 2 saturated carbocycles. The van der Waals surface area contributed by atoms with E-state index in [1.54, 1.807) is 0 Å². The van der Waals surface area contributed by atoms with Crippen molar-refractivity contribution in [2.24, 2.45) is 0 Å². The Balaban J connectivity index is 2.08. The molecule has 0 aromatic carbocycles. The molecule has 0 spiro atoms. The van der Waals surface area contributed by atoms with Gasteiger partial charge in [0.05, 0.1) is 13.2 Å². The van der Waals surface area contributed by atoms with Crippen LogP contribution in [0.3, 0.4) is 0 Å². The van der Waals surface area contributed by atoms with E-state index in [9.17, 15) is 9.59 Å². The monoisotopic (exact) mass is 297 g/mol. The molecule has 5 heteroatoms. The number of hydrogen-bond acceptors (Lipinski definition) is 5. The number of nitrogens with zero attached hydrogens (tertiary/aromatic N) is 1. The number of carbonyl (C=O) groups is 2.